The van der Waals surface area contributed by atoms with E-state index in [2.05, 4.69) is 5.32 Å². The molecular weight excluding hydrogens is 281 g/mol. The highest BCUT2D eigenvalue weighted by atomic mass is 19.4. The molecule has 3 nitrogen and oxygen atoms in total. The van der Waals surface area contributed by atoms with Gasteiger partial charge in [-0.25, -0.2) is 0 Å². The Balaban J connectivity index is 1.98. The average molecular weight is 296 g/mol. The molecule has 21 heavy (non-hydrogen) atoms. The number of carbonyl (C=O) groups excluding carboxylic acids is 1. The molecule has 112 valence electrons. The second kappa shape index (κ2) is 6.17. The van der Waals surface area contributed by atoms with Gasteiger partial charge in [0.15, 0.2) is 0 Å². The monoisotopic (exact) mass is 296 g/mol. The van der Waals surface area contributed by atoms with Crippen LogP contribution in [0.2, 0.25) is 0 Å². The third-order valence-corrected chi connectivity index (χ3v) is 3.79. The van der Waals surface area contributed by atoms with Crippen molar-refractivity contribution in [3.05, 3.63) is 29.8 Å². The molecule has 1 aliphatic carbocycles. The summed E-state index contributed by atoms with van der Waals surface area (Å²) < 4.78 is 38.2. The Morgan fingerprint density at radius 1 is 1.24 bits per heavy atom. The SMILES string of the molecule is N#Cc1ccc(NC(=O)C2CCCC(C(F)(F)F)C2)cc1. The molecule has 6 heteroatoms. The molecule has 1 N–H and O–H groups in total. The van der Waals surface area contributed by atoms with Gasteiger partial charge in [0.05, 0.1) is 17.6 Å². The summed E-state index contributed by atoms with van der Waals surface area (Å²) in [5, 5.41) is 11.3. The maximum Gasteiger partial charge on any atom is 0.391 e. The van der Waals surface area contributed by atoms with Crippen LogP contribution in [-0.2, 0) is 4.79 Å². The van der Waals surface area contributed by atoms with Crippen molar-refractivity contribution < 1.29 is 18.0 Å². The zero-order valence-corrected chi connectivity index (χ0v) is 11.3. The van der Waals surface area contributed by atoms with E-state index in [0.29, 0.717) is 24.1 Å². The standard InChI is InChI=1S/C15H15F3N2O/c16-15(17,18)12-3-1-2-11(8-12)14(21)20-13-6-4-10(9-19)5-7-13/h4-7,11-12H,1-3,8H2,(H,20,21). The van der Waals surface area contributed by atoms with E-state index in [0.717, 1.165) is 0 Å². The highest BCUT2D eigenvalue weighted by Gasteiger charge is 2.43. The molecule has 0 radical (unpaired) electrons. The van der Waals surface area contributed by atoms with Gasteiger partial charge in [-0.3, -0.25) is 4.79 Å². The van der Waals surface area contributed by atoms with Crippen molar-refractivity contribution in [2.75, 3.05) is 5.32 Å². The second-order valence-corrected chi connectivity index (χ2v) is 5.28. The molecule has 0 heterocycles. The molecule has 2 atom stereocenters. The van der Waals surface area contributed by atoms with Gasteiger partial charge >= 0.3 is 6.18 Å². The summed E-state index contributed by atoms with van der Waals surface area (Å²) in [5.41, 5.74) is 0.955. The lowest BCUT2D eigenvalue weighted by Gasteiger charge is -2.29. The maximum atomic E-state index is 12.7. The lowest BCUT2D eigenvalue weighted by molar-refractivity contribution is -0.185. The van der Waals surface area contributed by atoms with Crippen molar-refractivity contribution in [3.63, 3.8) is 0 Å². The molecule has 1 fully saturated rings. The largest absolute Gasteiger partial charge is 0.391 e. The zero-order chi connectivity index (χ0) is 15.5. The van der Waals surface area contributed by atoms with Gasteiger partial charge in [-0.2, -0.15) is 18.4 Å². The highest BCUT2D eigenvalue weighted by molar-refractivity contribution is 5.92. The van der Waals surface area contributed by atoms with Crippen molar-refractivity contribution in [3.8, 4) is 6.07 Å². The molecule has 2 rings (SSSR count). The molecule has 0 aromatic heterocycles. The number of nitrogens with one attached hydrogen (secondary N) is 1. The van der Waals surface area contributed by atoms with Crippen molar-refractivity contribution in [2.24, 2.45) is 11.8 Å². The number of halogens is 3. The van der Waals surface area contributed by atoms with Gasteiger partial charge in [-0.05, 0) is 43.5 Å². The Hall–Kier alpha value is -2.03. The van der Waals surface area contributed by atoms with Gasteiger partial charge in [0.1, 0.15) is 0 Å². The van der Waals surface area contributed by atoms with Crippen LogP contribution < -0.4 is 5.32 Å². The van der Waals surface area contributed by atoms with Crippen LogP contribution in [0, 0.1) is 23.2 Å². The summed E-state index contributed by atoms with van der Waals surface area (Å²) >= 11 is 0. The minimum atomic E-state index is -4.23. The summed E-state index contributed by atoms with van der Waals surface area (Å²) in [5.74, 6) is -2.38. The number of nitriles is 1. The van der Waals surface area contributed by atoms with Crippen molar-refractivity contribution in [2.45, 2.75) is 31.9 Å². The van der Waals surface area contributed by atoms with Crippen LogP contribution in [0.1, 0.15) is 31.2 Å². The summed E-state index contributed by atoms with van der Waals surface area (Å²) in [7, 11) is 0. The Bertz CT molecular complexity index is 546. The van der Waals surface area contributed by atoms with Gasteiger partial charge in [-0.1, -0.05) is 6.42 Å². The number of amides is 1. The van der Waals surface area contributed by atoms with Crippen molar-refractivity contribution in [1.29, 1.82) is 5.26 Å². The average Bonchev–Trinajstić information content (AvgIpc) is 2.47. The van der Waals surface area contributed by atoms with Crippen molar-refractivity contribution in [1.82, 2.24) is 0 Å². The quantitative estimate of drug-likeness (QED) is 0.900. The topological polar surface area (TPSA) is 52.9 Å². The number of nitrogens with zero attached hydrogens (tertiary/aromatic N) is 1. The predicted molar refractivity (Wildman–Crippen MR) is 71.3 cm³/mol. The molecule has 1 amide bonds. The van der Waals surface area contributed by atoms with E-state index in [9.17, 15) is 18.0 Å². The first kappa shape index (κ1) is 15.4. The van der Waals surface area contributed by atoms with Crippen LogP contribution in [0.15, 0.2) is 24.3 Å². The van der Waals surface area contributed by atoms with Crippen LogP contribution in [0.25, 0.3) is 0 Å². The summed E-state index contributed by atoms with van der Waals surface area (Å²) in [6.07, 6.45) is -3.38. The third-order valence-electron chi connectivity index (χ3n) is 3.79. The number of hydrogen-bond acceptors (Lipinski definition) is 2. The van der Waals surface area contributed by atoms with Gasteiger partial charge in [-0.15, -0.1) is 0 Å². The first-order valence-electron chi connectivity index (χ1n) is 6.78. The third kappa shape index (κ3) is 3.97. The van der Waals surface area contributed by atoms with E-state index in [-0.39, 0.29) is 18.7 Å². The number of benzene rings is 1. The number of anilines is 1. The fourth-order valence-electron chi connectivity index (χ4n) is 2.60. The van der Waals surface area contributed by atoms with Gasteiger partial charge < -0.3 is 5.32 Å². The number of carbonyl (C=O) groups is 1. The maximum absolute atomic E-state index is 12.7. The van der Waals surface area contributed by atoms with E-state index in [4.69, 9.17) is 5.26 Å². The minimum Gasteiger partial charge on any atom is -0.326 e. The highest BCUT2D eigenvalue weighted by Crippen LogP contribution is 2.40. The predicted octanol–water partition coefficient (Wildman–Crippen LogP) is 3.87. The van der Waals surface area contributed by atoms with E-state index < -0.39 is 18.0 Å². The molecule has 1 aliphatic rings. The smallest absolute Gasteiger partial charge is 0.326 e. The normalized spacial score (nSPS) is 22.4. The Labute approximate surface area is 120 Å². The van der Waals surface area contributed by atoms with E-state index >= 15 is 0 Å². The first-order valence-corrected chi connectivity index (χ1v) is 6.78. The summed E-state index contributed by atoms with van der Waals surface area (Å²) in [4.78, 5) is 12.1. The fourth-order valence-corrected chi connectivity index (χ4v) is 2.60. The minimum absolute atomic E-state index is 0.101. The molecule has 1 saturated carbocycles. The van der Waals surface area contributed by atoms with Crippen LogP contribution in [-0.4, -0.2) is 12.1 Å². The lowest BCUT2D eigenvalue weighted by Crippen LogP contribution is -2.34. The summed E-state index contributed by atoms with van der Waals surface area (Å²) in [6.45, 7) is 0. The lowest BCUT2D eigenvalue weighted by atomic mass is 9.80. The molecule has 2 unspecified atom stereocenters. The van der Waals surface area contributed by atoms with Crippen LogP contribution >= 0.6 is 0 Å². The van der Waals surface area contributed by atoms with Crippen molar-refractivity contribution >= 4 is 11.6 Å². The molecule has 1 aromatic rings. The molecule has 0 saturated heterocycles. The zero-order valence-electron chi connectivity index (χ0n) is 11.3. The number of alkyl halides is 3. The Kier molecular flexibility index (Phi) is 4.51. The fraction of sp³-hybridized carbons (Fsp3) is 0.467. The molecule has 0 spiro atoms. The van der Waals surface area contributed by atoms with E-state index in [1.165, 1.54) is 0 Å². The molecule has 0 aliphatic heterocycles. The molecular formula is C15H15F3N2O. The Morgan fingerprint density at radius 2 is 1.90 bits per heavy atom. The van der Waals surface area contributed by atoms with Crippen LogP contribution in [0.5, 0.6) is 0 Å². The number of hydrogen-bond donors (Lipinski definition) is 1. The van der Waals surface area contributed by atoms with Crippen LogP contribution in [0.3, 0.4) is 0 Å². The van der Waals surface area contributed by atoms with E-state index in [1.54, 1.807) is 24.3 Å². The van der Waals surface area contributed by atoms with Gasteiger partial charge in [0.25, 0.3) is 0 Å². The van der Waals surface area contributed by atoms with Gasteiger partial charge in [0.2, 0.25) is 5.91 Å². The first-order chi connectivity index (χ1) is 9.90. The number of rotatable bonds is 2. The summed E-state index contributed by atoms with van der Waals surface area (Å²) in [6, 6.07) is 8.20. The Morgan fingerprint density at radius 3 is 2.48 bits per heavy atom. The van der Waals surface area contributed by atoms with Crippen LogP contribution in [0.4, 0.5) is 18.9 Å². The molecule has 1 aromatic carbocycles. The van der Waals surface area contributed by atoms with E-state index in [1.807, 2.05) is 6.07 Å². The second-order valence-electron chi connectivity index (χ2n) is 5.28. The van der Waals surface area contributed by atoms with Gasteiger partial charge in [0, 0.05) is 11.6 Å². The molecule has 0 bridgehead atoms.